The van der Waals surface area contributed by atoms with Crippen molar-refractivity contribution in [1.82, 2.24) is 0 Å². The maximum atomic E-state index is 12.5. The predicted molar refractivity (Wildman–Crippen MR) is 102 cm³/mol. The molecule has 1 amide bonds. The Morgan fingerprint density at radius 1 is 1.00 bits per heavy atom. The van der Waals surface area contributed by atoms with Crippen LogP contribution in [0, 0.1) is 0 Å². The molecule has 0 saturated carbocycles. The Balaban J connectivity index is 1.60. The molecule has 2 heterocycles. The molecule has 30 heavy (non-hydrogen) atoms. The van der Waals surface area contributed by atoms with Gasteiger partial charge in [0.05, 0.1) is 24.4 Å². The summed E-state index contributed by atoms with van der Waals surface area (Å²) in [5.41, 5.74) is -2.01. The SMILES string of the molecule is COc1cc(OS(=O)(=O)C(F)(F)F)ccc1C1Nc2cc3c(cc2N1)C(C)C(=O)N3. The van der Waals surface area contributed by atoms with Crippen molar-refractivity contribution in [3.63, 3.8) is 0 Å². The van der Waals surface area contributed by atoms with Crippen LogP contribution in [-0.2, 0) is 14.9 Å². The van der Waals surface area contributed by atoms with Gasteiger partial charge in [-0.15, -0.1) is 0 Å². The van der Waals surface area contributed by atoms with Crippen molar-refractivity contribution < 1.29 is 35.3 Å². The maximum absolute atomic E-state index is 12.5. The van der Waals surface area contributed by atoms with Gasteiger partial charge in [0.1, 0.15) is 17.7 Å². The Morgan fingerprint density at radius 3 is 2.30 bits per heavy atom. The number of carbonyl (C=O) groups excluding carboxylic acids is 1. The van der Waals surface area contributed by atoms with Crippen molar-refractivity contribution >= 4 is 33.1 Å². The Labute approximate surface area is 169 Å². The topological polar surface area (TPSA) is 106 Å². The van der Waals surface area contributed by atoms with Gasteiger partial charge < -0.3 is 24.9 Å². The molecule has 2 atom stereocenters. The van der Waals surface area contributed by atoms with Crippen molar-refractivity contribution in [1.29, 1.82) is 0 Å². The van der Waals surface area contributed by atoms with Crippen LogP contribution in [0.3, 0.4) is 0 Å². The number of rotatable bonds is 4. The standard InChI is InChI=1S/C18H16F3N3O5S/c1-8-11-6-13-14(7-12(11)24-17(8)25)23-16(22-13)10-4-3-9(5-15(10)28-2)29-30(26,27)18(19,20)21/h3-8,16,22-23H,1-2H3,(H,24,25). The molecule has 0 aromatic heterocycles. The van der Waals surface area contributed by atoms with Crippen LogP contribution < -0.4 is 24.9 Å². The molecule has 0 fully saturated rings. The maximum Gasteiger partial charge on any atom is 0.534 e. The van der Waals surface area contributed by atoms with Crippen LogP contribution in [0.2, 0.25) is 0 Å². The third-order valence-corrected chi connectivity index (χ3v) is 5.89. The van der Waals surface area contributed by atoms with Gasteiger partial charge in [-0.05, 0) is 36.8 Å². The molecule has 0 saturated heterocycles. The lowest BCUT2D eigenvalue weighted by atomic mass is 10.0. The minimum Gasteiger partial charge on any atom is -0.496 e. The summed E-state index contributed by atoms with van der Waals surface area (Å²) in [6.45, 7) is 1.80. The number of ether oxygens (including phenoxy) is 1. The van der Waals surface area contributed by atoms with Gasteiger partial charge in [0.2, 0.25) is 5.91 Å². The zero-order chi connectivity index (χ0) is 21.8. The molecule has 0 radical (unpaired) electrons. The highest BCUT2D eigenvalue weighted by molar-refractivity contribution is 7.88. The molecule has 0 spiro atoms. The number of benzene rings is 2. The second-order valence-corrected chi connectivity index (χ2v) is 8.34. The summed E-state index contributed by atoms with van der Waals surface area (Å²) in [6.07, 6.45) is -0.503. The summed E-state index contributed by atoms with van der Waals surface area (Å²) in [5, 5.41) is 9.21. The highest BCUT2D eigenvalue weighted by Gasteiger charge is 2.48. The molecular weight excluding hydrogens is 427 g/mol. The minimum atomic E-state index is -5.79. The van der Waals surface area contributed by atoms with E-state index in [0.717, 1.165) is 29.1 Å². The number of halogens is 3. The number of amides is 1. The first-order valence-corrected chi connectivity index (χ1v) is 10.1. The van der Waals surface area contributed by atoms with E-state index in [4.69, 9.17) is 4.74 Å². The Morgan fingerprint density at radius 2 is 1.67 bits per heavy atom. The van der Waals surface area contributed by atoms with Crippen molar-refractivity contribution in [3.8, 4) is 11.5 Å². The molecule has 0 bridgehead atoms. The molecule has 2 aromatic carbocycles. The normalized spacial score (nSPS) is 20.0. The predicted octanol–water partition coefficient (Wildman–Crippen LogP) is 3.52. The zero-order valence-corrected chi connectivity index (χ0v) is 16.4. The van der Waals surface area contributed by atoms with Crippen LogP contribution in [0.4, 0.5) is 30.2 Å². The summed E-state index contributed by atoms with van der Waals surface area (Å²) in [5.74, 6) is -0.778. The smallest absolute Gasteiger partial charge is 0.496 e. The van der Waals surface area contributed by atoms with E-state index in [1.165, 1.54) is 13.2 Å². The average molecular weight is 443 g/mol. The van der Waals surface area contributed by atoms with E-state index < -0.39 is 27.5 Å². The molecule has 8 nitrogen and oxygen atoms in total. The van der Waals surface area contributed by atoms with Gasteiger partial charge in [0.15, 0.2) is 0 Å². The lowest BCUT2D eigenvalue weighted by molar-refractivity contribution is -0.116. The molecule has 0 aliphatic carbocycles. The summed E-state index contributed by atoms with van der Waals surface area (Å²) >= 11 is 0. The number of alkyl halides is 3. The van der Waals surface area contributed by atoms with Gasteiger partial charge >= 0.3 is 15.6 Å². The fraction of sp³-hybridized carbons (Fsp3) is 0.278. The third-order valence-electron chi connectivity index (χ3n) is 4.91. The van der Waals surface area contributed by atoms with E-state index in [2.05, 4.69) is 20.1 Å². The first kappa shape index (κ1) is 20.1. The van der Waals surface area contributed by atoms with Gasteiger partial charge in [-0.2, -0.15) is 21.6 Å². The van der Waals surface area contributed by atoms with Crippen LogP contribution in [0.5, 0.6) is 11.5 Å². The number of fused-ring (bicyclic) bond motifs is 2. The lowest BCUT2D eigenvalue weighted by Crippen LogP contribution is -2.28. The molecule has 12 heteroatoms. The first-order valence-electron chi connectivity index (χ1n) is 8.71. The largest absolute Gasteiger partial charge is 0.534 e. The average Bonchev–Trinajstić information content (AvgIpc) is 3.19. The summed E-state index contributed by atoms with van der Waals surface area (Å²) in [7, 11) is -4.49. The number of methoxy groups -OCH3 is 1. The van der Waals surface area contributed by atoms with Crippen LogP contribution in [0.1, 0.15) is 30.1 Å². The fourth-order valence-corrected chi connectivity index (χ4v) is 3.81. The number of hydrogen-bond acceptors (Lipinski definition) is 7. The molecular formula is C18H16F3N3O5S. The lowest BCUT2D eigenvalue weighted by Gasteiger charge is -2.18. The van der Waals surface area contributed by atoms with E-state index in [9.17, 15) is 26.4 Å². The van der Waals surface area contributed by atoms with E-state index in [0.29, 0.717) is 11.3 Å². The summed E-state index contributed by atoms with van der Waals surface area (Å²) < 4.78 is 69.4. The van der Waals surface area contributed by atoms with E-state index in [1.807, 2.05) is 6.07 Å². The van der Waals surface area contributed by atoms with Crippen molar-refractivity contribution in [2.45, 2.75) is 24.5 Å². The molecule has 2 aliphatic heterocycles. The van der Waals surface area contributed by atoms with Crippen LogP contribution in [0.15, 0.2) is 30.3 Å². The quantitative estimate of drug-likeness (QED) is 0.491. The Hall–Kier alpha value is -3.15. The van der Waals surface area contributed by atoms with E-state index in [-0.39, 0.29) is 17.6 Å². The van der Waals surface area contributed by atoms with Gasteiger partial charge in [-0.1, -0.05) is 0 Å². The van der Waals surface area contributed by atoms with Gasteiger partial charge in [0, 0.05) is 17.3 Å². The third kappa shape index (κ3) is 3.26. The number of nitrogens with one attached hydrogen (secondary N) is 3. The fourth-order valence-electron chi connectivity index (χ4n) is 3.36. The van der Waals surface area contributed by atoms with Crippen molar-refractivity contribution in [2.24, 2.45) is 0 Å². The second kappa shape index (κ2) is 6.69. The molecule has 2 aliphatic rings. The zero-order valence-electron chi connectivity index (χ0n) is 15.6. The minimum absolute atomic E-state index is 0.0868. The number of hydrogen-bond donors (Lipinski definition) is 3. The summed E-state index contributed by atoms with van der Waals surface area (Å²) in [4.78, 5) is 11.8. The molecule has 160 valence electrons. The number of anilines is 3. The summed E-state index contributed by atoms with van der Waals surface area (Å²) in [6, 6.07) is 7.21. The van der Waals surface area contributed by atoms with Crippen LogP contribution in [-0.4, -0.2) is 26.9 Å². The molecule has 2 aromatic rings. The van der Waals surface area contributed by atoms with Crippen molar-refractivity contribution in [3.05, 3.63) is 41.5 Å². The second-order valence-electron chi connectivity index (χ2n) is 6.80. The highest BCUT2D eigenvalue weighted by atomic mass is 32.2. The van der Waals surface area contributed by atoms with E-state index >= 15 is 0 Å². The highest BCUT2D eigenvalue weighted by Crippen LogP contribution is 2.45. The molecule has 4 rings (SSSR count). The Bertz CT molecular complexity index is 1150. The van der Waals surface area contributed by atoms with Crippen molar-refractivity contribution in [2.75, 3.05) is 23.1 Å². The van der Waals surface area contributed by atoms with Gasteiger partial charge in [-0.25, -0.2) is 0 Å². The molecule has 3 N–H and O–H groups in total. The van der Waals surface area contributed by atoms with Gasteiger partial charge in [0.25, 0.3) is 0 Å². The Kier molecular flexibility index (Phi) is 4.49. The van der Waals surface area contributed by atoms with E-state index in [1.54, 1.807) is 13.0 Å². The number of carbonyl (C=O) groups is 1. The monoisotopic (exact) mass is 443 g/mol. The van der Waals surface area contributed by atoms with Crippen LogP contribution in [0.25, 0.3) is 0 Å². The van der Waals surface area contributed by atoms with Crippen LogP contribution >= 0.6 is 0 Å². The molecule has 2 unspecified atom stereocenters. The van der Waals surface area contributed by atoms with Gasteiger partial charge in [-0.3, -0.25) is 4.79 Å². The first-order chi connectivity index (χ1) is 14.0.